The number of nitrogens with zero attached hydrogens (tertiary/aromatic N) is 5. The van der Waals surface area contributed by atoms with Gasteiger partial charge in [-0.2, -0.15) is 0 Å². The number of pyridine rings is 1. The Balaban J connectivity index is 1.37. The van der Waals surface area contributed by atoms with E-state index >= 15 is 0 Å². The summed E-state index contributed by atoms with van der Waals surface area (Å²) in [7, 11) is 0. The second-order valence-electron chi connectivity index (χ2n) is 6.82. The minimum absolute atomic E-state index is 0.137. The fourth-order valence-electron chi connectivity index (χ4n) is 2.96. The summed E-state index contributed by atoms with van der Waals surface area (Å²) >= 11 is 0. The standard InChI is InChI=1S/C19H20N6O/c1-14-21-7-8-25(14)13-19(4-5-19)12-24-18(26)16-10-22-17(23-11-16)15-3-2-6-20-9-15/h2-3,6-11H,4-5,12-13H2,1H3,(H,24,26). The van der Waals surface area contributed by atoms with Gasteiger partial charge in [-0.3, -0.25) is 9.78 Å². The van der Waals surface area contributed by atoms with Crippen LogP contribution in [0.2, 0.25) is 0 Å². The summed E-state index contributed by atoms with van der Waals surface area (Å²) in [6, 6.07) is 3.72. The number of imidazole rings is 1. The lowest BCUT2D eigenvalue weighted by atomic mass is 10.1. The predicted octanol–water partition coefficient (Wildman–Crippen LogP) is 2.25. The highest BCUT2D eigenvalue weighted by Gasteiger charge is 2.43. The number of aryl methyl sites for hydroxylation is 1. The highest BCUT2D eigenvalue weighted by atomic mass is 16.1. The molecule has 4 rings (SSSR count). The number of carbonyl (C=O) groups is 1. The van der Waals surface area contributed by atoms with Crippen LogP contribution in [0.3, 0.4) is 0 Å². The van der Waals surface area contributed by atoms with Crippen LogP contribution < -0.4 is 5.32 Å². The molecule has 7 nitrogen and oxygen atoms in total. The zero-order valence-corrected chi connectivity index (χ0v) is 14.6. The lowest BCUT2D eigenvalue weighted by molar-refractivity contribution is 0.0942. The highest BCUT2D eigenvalue weighted by Crippen LogP contribution is 2.46. The number of hydrogen-bond donors (Lipinski definition) is 1. The first-order valence-electron chi connectivity index (χ1n) is 8.64. The summed E-state index contributed by atoms with van der Waals surface area (Å²) in [6.45, 7) is 3.53. The molecule has 3 heterocycles. The number of rotatable bonds is 6. The van der Waals surface area contributed by atoms with E-state index in [1.807, 2.05) is 31.5 Å². The van der Waals surface area contributed by atoms with Crippen LogP contribution in [0.4, 0.5) is 0 Å². The first-order valence-corrected chi connectivity index (χ1v) is 8.64. The van der Waals surface area contributed by atoms with Gasteiger partial charge in [0.25, 0.3) is 5.91 Å². The molecule has 0 radical (unpaired) electrons. The molecule has 0 unspecified atom stereocenters. The number of aromatic nitrogens is 5. The molecule has 0 spiro atoms. The third-order valence-corrected chi connectivity index (χ3v) is 4.84. The van der Waals surface area contributed by atoms with Crippen molar-refractivity contribution >= 4 is 5.91 Å². The molecule has 0 aromatic carbocycles. The van der Waals surface area contributed by atoms with Crippen LogP contribution in [-0.2, 0) is 6.54 Å². The third kappa shape index (κ3) is 3.46. The minimum Gasteiger partial charge on any atom is -0.351 e. The molecule has 1 N–H and O–H groups in total. The summed E-state index contributed by atoms with van der Waals surface area (Å²) in [5.41, 5.74) is 1.43. The Bertz CT molecular complexity index is 899. The van der Waals surface area contributed by atoms with E-state index in [1.54, 1.807) is 24.8 Å². The fourth-order valence-corrected chi connectivity index (χ4v) is 2.96. The normalized spacial score (nSPS) is 14.8. The molecule has 26 heavy (non-hydrogen) atoms. The number of carbonyl (C=O) groups excluding carboxylic acids is 1. The molecule has 0 saturated heterocycles. The van der Waals surface area contributed by atoms with Gasteiger partial charge in [0.2, 0.25) is 0 Å². The molecule has 1 saturated carbocycles. The average Bonchev–Trinajstić information content (AvgIpc) is 3.34. The number of amides is 1. The fraction of sp³-hybridized carbons (Fsp3) is 0.316. The zero-order chi connectivity index (χ0) is 18.0. The van der Waals surface area contributed by atoms with Crippen LogP contribution in [-0.4, -0.2) is 37.0 Å². The van der Waals surface area contributed by atoms with Gasteiger partial charge in [-0.15, -0.1) is 0 Å². The van der Waals surface area contributed by atoms with E-state index in [4.69, 9.17) is 0 Å². The smallest absolute Gasteiger partial charge is 0.254 e. The third-order valence-electron chi connectivity index (χ3n) is 4.84. The van der Waals surface area contributed by atoms with E-state index in [1.165, 1.54) is 0 Å². The minimum atomic E-state index is -0.142. The average molecular weight is 348 g/mol. The van der Waals surface area contributed by atoms with E-state index in [2.05, 4.69) is 29.8 Å². The summed E-state index contributed by atoms with van der Waals surface area (Å²) in [5.74, 6) is 1.42. The van der Waals surface area contributed by atoms with Crippen molar-refractivity contribution in [3.63, 3.8) is 0 Å². The lowest BCUT2D eigenvalue weighted by Crippen LogP contribution is -2.32. The molecular formula is C19H20N6O. The van der Waals surface area contributed by atoms with Gasteiger partial charge >= 0.3 is 0 Å². The molecule has 0 aliphatic heterocycles. The van der Waals surface area contributed by atoms with Crippen molar-refractivity contribution in [2.45, 2.75) is 26.3 Å². The van der Waals surface area contributed by atoms with Crippen molar-refractivity contribution in [2.75, 3.05) is 6.54 Å². The largest absolute Gasteiger partial charge is 0.351 e. The summed E-state index contributed by atoms with van der Waals surface area (Å²) < 4.78 is 2.14. The van der Waals surface area contributed by atoms with Gasteiger partial charge in [0, 0.05) is 61.2 Å². The number of hydrogen-bond acceptors (Lipinski definition) is 5. The van der Waals surface area contributed by atoms with Gasteiger partial charge in [0.05, 0.1) is 5.56 Å². The topological polar surface area (TPSA) is 85.6 Å². The van der Waals surface area contributed by atoms with E-state index in [0.29, 0.717) is 17.9 Å². The number of nitrogens with one attached hydrogen (secondary N) is 1. The summed E-state index contributed by atoms with van der Waals surface area (Å²) in [6.07, 6.45) is 12.5. The molecule has 7 heteroatoms. The Morgan fingerprint density at radius 3 is 2.62 bits per heavy atom. The highest BCUT2D eigenvalue weighted by molar-refractivity contribution is 5.93. The van der Waals surface area contributed by atoms with Crippen molar-refractivity contribution in [3.05, 3.63) is 60.7 Å². The van der Waals surface area contributed by atoms with Crippen LogP contribution in [0.1, 0.15) is 29.0 Å². The maximum atomic E-state index is 12.4. The Morgan fingerprint density at radius 1 is 1.19 bits per heavy atom. The Hall–Kier alpha value is -3.09. The molecule has 0 bridgehead atoms. The Morgan fingerprint density at radius 2 is 2.00 bits per heavy atom. The van der Waals surface area contributed by atoms with Gasteiger partial charge < -0.3 is 9.88 Å². The summed E-state index contributed by atoms with van der Waals surface area (Å²) in [4.78, 5) is 29.3. The second-order valence-corrected chi connectivity index (χ2v) is 6.82. The predicted molar refractivity (Wildman–Crippen MR) is 96.2 cm³/mol. The van der Waals surface area contributed by atoms with Gasteiger partial charge in [0.15, 0.2) is 5.82 Å². The molecule has 3 aromatic rings. The maximum Gasteiger partial charge on any atom is 0.254 e. The molecule has 1 aliphatic carbocycles. The maximum absolute atomic E-state index is 12.4. The van der Waals surface area contributed by atoms with E-state index in [-0.39, 0.29) is 11.3 Å². The molecule has 0 atom stereocenters. The second kappa shape index (κ2) is 6.67. The van der Waals surface area contributed by atoms with Crippen LogP contribution in [0.15, 0.2) is 49.3 Å². The van der Waals surface area contributed by atoms with E-state index < -0.39 is 0 Å². The van der Waals surface area contributed by atoms with Crippen LogP contribution in [0.25, 0.3) is 11.4 Å². The SMILES string of the molecule is Cc1nccn1CC1(CNC(=O)c2cnc(-c3cccnc3)nc2)CC1. The molecule has 1 aliphatic rings. The monoisotopic (exact) mass is 348 g/mol. The summed E-state index contributed by atoms with van der Waals surface area (Å²) in [5, 5.41) is 3.03. The van der Waals surface area contributed by atoms with Crippen molar-refractivity contribution in [1.82, 2.24) is 29.8 Å². The van der Waals surface area contributed by atoms with Gasteiger partial charge in [-0.1, -0.05) is 0 Å². The molecule has 1 amide bonds. The zero-order valence-electron chi connectivity index (χ0n) is 14.6. The van der Waals surface area contributed by atoms with Crippen molar-refractivity contribution in [1.29, 1.82) is 0 Å². The van der Waals surface area contributed by atoms with Gasteiger partial charge in [0.1, 0.15) is 5.82 Å². The van der Waals surface area contributed by atoms with Crippen molar-refractivity contribution in [3.8, 4) is 11.4 Å². The Labute approximate surface area is 151 Å². The first-order chi connectivity index (χ1) is 12.7. The van der Waals surface area contributed by atoms with Gasteiger partial charge in [-0.25, -0.2) is 15.0 Å². The molecule has 1 fully saturated rings. The van der Waals surface area contributed by atoms with Crippen molar-refractivity contribution in [2.24, 2.45) is 5.41 Å². The van der Waals surface area contributed by atoms with Crippen LogP contribution >= 0.6 is 0 Å². The Kier molecular flexibility index (Phi) is 4.20. The van der Waals surface area contributed by atoms with Crippen LogP contribution in [0, 0.1) is 12.3 Å². The molecular weight excluding hydrogens is 328 g/mol. The molecule has 3 aromatic heterocycles. The van der Waals surface area contributed by atoms with Gasteiger partial charge in [-0.05, 0) is 31.9 Å². The van der Waals surface area contributed by atoms with Crippen molar-refractivity contribution < 1.29 is 4.79 Å². The first kappa shape index (κ1) is 16.4. The van der Waals surface area contributed by atoms with E-state index in [9.17, 15) is 4.79 Å². The van der Waals surface area contributed by atoms with E-state index in [0.717, 1.165) is 30.8 Å². The molecule has 132 valence electrons. The van der Waals surface area contributed by atoms with Crippen LogP contribution in [0.5, 0.6) is 0 Å². The lowest BCUT2D eigenvalue weighted by Gasteiger charge is -2.17. The quantitative estimate of drug-likeness (QED) is 0.738.